The number of nitrogens with one attached hydrogen (secondary N) is 1. The van der Waals surface area contributed by atoms with Crippen molar-refractivity contribution in [1.29, 1.82) is 0 Å². The molecule has 0 aliphatic heterocycles. The highest BCUT2D eigenvalue weighted by atomic mass is 32.2. The monoisotopic (exact) mass is 307 g/mol. The number of aliphatic hydroxyl groups excluding tert-OH is 1. The normalized spacial score (nSPS) is 12.9. The summed E-state index contributed by atoms with van der Waals surface area (Å²) in [6.45, 7) is -0.335. The van der Waals surface area contributed by atoms with Gasteiger partial charge in [-0.05, 0) is 17.7 Å². The van der Waals surface area contributed by atoms with Crippen LogP contribution < -0.4 is 9.46 Å². The molecule has 5 nitrogen and oxygen atoms in total. The molecule has 112 valence electrons. The van der Waals surface area contributed by atoms with Crippen LogP contribution in [0.25, 0.3) is 0 Å². The second-order valence-corrected chi connectivity index (χ2v) is 6.10. The number of para-hydroxylation sites is 1. The predicted octanol–water partition coefficient (Wildman–Crippen LogP) is 1.71. The Morgan fingerprint density at radius 3 is 2.33 bits per heavy atom. The molecular formula is C15H17NO4S. The average molecular weight is 307 g/mol. The van der Waals surface area contributed by atoms with Crippen LogP contribution >= 0.6 is 0 Å². The third kappa shape index (κ3) is 3.60. The molecule has 0 fully saturated rings. The quantitative estimate of drug-likeness (QED) is 0.852. The summed E-state index contributed by atoms with van der Waals surface area (Å²) in [5.74, 6) is 0.259. The van der Waals surface area contributed by atoms with E-state index in [0.717, 1.165) is 0 Å². The number of sulfonamides is 1. The minimum atomic E-state index is -3.80. The maximum absolute atomic E-state index is 12.5. The maximum Gasteiger partial charge on any atom is 0.244 e. The summed E-state index contributed by atoms with van der Waals surface area (Å²) in [5, 5.41) is 9.46. The fourth-order valence-corrected chi connectivity index (χ4v) is 3.37. The van der Waals surface area contributed by atoms with Gasteiger partial charge in [0.2, 0.25) is 10.0 Å². The van der Waals surface area contributed by atoms with Gasteiger partial charge in [-0.1, -0.05) is 42.5 Å². The maximum atomic E-state index is 12.5. The molecule has 2 aromatic carbocycles. The fourth-order valence-electron chi connectivity index (χ4n) is 1.99. The van der Waals surface area contributed by atoms with Crippen molar-refractivity contribution >= 4 is 10.0 Å². The largest absolute Gasteiger partial charge is 0.495 e. The van der Waals surface area contributed by atoms with E-state index < -0.39 is 16.1 Å². The van der Waals surface area contributed by atoms with E-state index in [4.69, 9.17) is 4.74 Å². The van der Waals surface area contributed by atoms with Crippen LogP contribution in [0.4, 0.5) is 0 Å². The molecule has 0 bridgehead atoms. The lowest BCUT2D eigenvalue weighted by molar-refractivity contribution is 0.258. The number of methoxy groups -OCH3 is 1. The average Bonchev–Trinajstić information content (AvgIpc) is 2.53. The van der Waals surface area contributed by atoms with Crippen molar-refractivity contribution in [3.05, 3.63) is 60.2 Å². The summed E-state index contributed by atoms with van der Waals surface area (Å²) >= 11 is 0. The van der Waals surface area contributed by atoms with Gasteiger partial charge in [0, 0.05) is 0 Å². The van der Waals surface area contributed by atoms with Gasteiger partial charge in [-0.25, -0.2) is 13.1 Å². The van der Waals surface area contributed by atoms with E-state index >= 15 is 0 Å². The lowest BCUT2D eigenvalue weighted by Crippen LogP contribution is -2.31. The molecule has 0 aliphatic carbocycles. The van der Waals surface area contributed by atoms with E-state index in [0.29, 0.717) is 5.56 Å². The van der Waals surface area contributed by atoms with Crippen molar-refractivity contribution in [3.8, 4) is 5.75 Å². The van der Waals surface area contributed by atoms with Gasteiger partial charge >= 0.3 is 0 Å². The van der Waals surface area contributed by atoms with Gasteiger partial charge in [0.1, 0.15) is 10.6 Å². The summed E-state index contributed by atoms with van der Waals surface area (Å²) in [4.78, 5) is 0.0434. The van der Waals surface area contributed by atoms with Crippen LogP contribution in [0.1, 0.15) is 11.6 Å². The topological polar surface area (TPSA) is 75.6 Å². The minimum Gasteiger partial charge on any atom is -0.495 e. The SMILES string of the molecule is COc1ccccc1S(=O)(=O)N[C@H](CO)c1ccccc1. The summed E-state index contributed by atoms with van der Waals surface area (Å²) in [6, 6.07) is 14.5. The lowest BCUT2D eigenvalue weighted by atomic mass is 10.1. The smallest absolute Gasteiger partial charge is 0.244 e. The fraction of sp³-hybridized carbons (Fsp3) is 0.200. The Bertz CT molecular complexity index is 686. The lowest BCUT2D eigenvalue weighted by Gasteiger charge is -2.18. The van der Waals surface area contributed by atoms with Crippen molar-refractivity contribution < 1.29 is 18.3 Å². The van der Waals surface area contributed by atoms with Crippen LogP contribution in [0.15, 0.2) is 59.5 Å². The van der Waals surface area contributed by atoms with Crippen LogP contribution in [-0.2, 0) is 10.0 Å². The Hall–Kier alpha value is -1.89. The first kappa shape index (κ1) is 15.5. The molecule has 2 rings (SSSR count). The van der Waals surface area contributed by atoms with Crippen LogP contribution in [0.3, 0.4) is 0 Å². The number of ether oxygens (including phenoxy) is 1. The van der Waals surface area contributed by atoms with Gasteiger partial charge in [-0.15, -0.1) is 0 Å². The summed E-state index contributed by atoms with van der Waals surface area (Å²) < 4.78 is 32.5. The first-order chi connectivity index (χ1) is 10.1. The Kier molecular flexibility index (Phi) is 4.95. The van der Waals surface area contributed by atoms with Crippen LogP contribution in [0.2, 0.25) is 0 Å². The molecule has 21 heavy (non-hydrogen) atoms. The second kappa shape index (κ2) is 6.71. The van der Waals surface area contributed by atoms with Gasteiger partial charge < -0.3 is 9.84 Å². The van der Waals surface area contributed by atoms with Gasteiger partial charge in [-0.2, -0.15) is 0 Å². The van der Waals surface area contributed by atoms with E-state index in [1.807, 2.05) is 6.07 Å². The van der Waals surface area contributed by atoms with E-state index in [1.165, 1.54) is 13.2 Å². The number of benzene rings is 2. The van der Waals surface area contributed by atoms with Gasteiger partial charge in [0.25, 0.3) is 0 Å². The van der Waals surface area contributed by atoms with E-state index in [1.54, 1.807) is 42.5 Å². The molecule has 0 heterocycles. The molecule has 0 radical (unpaired) electrons. The third-order valence-electron chi connectivity index (χ3n) is 3.04. The standard InChI is InChI=1S/C15H17NO4S/c1-20-14-9-5-6-10-15(14)21(18,19)16-13(11-17)12-7-3-2-4-8-12/h2-10,13,16-17H,11H2,1H3/t13-/m1/s1. The zero-order chi connectivity index (χ0) is 15.3. The second-order valence-electron chi connectivity index (χ2n) is 4.42. The molecule has 0 aromatic heterocycles. The molecular weight excluding hydrogens is 290 g/mol. The van der Waals surface area contributed by atoms with Gasteiger partial charge in [0.05, 0.1) is 19.8 Å². The minimum absolute atomic E-state index is 0.0434. The molecule has 0 aliphatic rings. The van der Waals surface area contributed by atoms with Crippen LogP contribution in [-0.4, -0.2) is 27.2 Å². The molecule has 2 N–H and O–H groups in total. The van der Waals surface area contributed by atoms with Gasteiger partial charge in [-0.3, -0.25) is 0 Å². The Labute approximate surface area is 124 Å². The molecule has 6 heteroatoms. The highest BCUT2D eigenvalue weighted by Gasteiger charge is 2.23. The molecule has 0 unspecified atom stereocenters. The summed E-state index contributed by atoms with van der Waals surface area (Å²) in [5.41, 5.74) is 0.693. The van der Waals surface area contributed by atoms with E-state index in [-0.39, 0.29) is 17.3 Å². The Morgan fingerprint density at radius 1 is 1.10 bits per heavy atom. The van der Waals surface area contributed by atoms with E-state index in [2.05, 4.69) is 4.72 Å². The van der Waals surface area contributed by atoms with Gasteiger partial charge in [0.15, 0.2) is 0 Å². The van der Waals surface area contributed by atoms with Crippen molar-refractivity contribution in [1.82, 2.24) is 4.72 Å². The van der Waals surface area contributed by atoms with Crippen molar-refractivity contribution in [2.45, 2.75) is 10.9 Å². The molecule has 0 amide bonds. The first-order valence-corrected chi connectivity index (χ1v) is 7.88. The molecule has 1 atom stereocenters. The Balaban J connectivity index is 2.32. The van der Waals surface area contributed by atoms with Crippen LogP contribution in [0, 0.1) is 0 Å². The molecule has 0 spiro atoms. The van der Waals surface area contributed by atoms with Crippen LogP contribution in [0.5, 0.6) is 5.75 Å². The highest BCUT2D eigenvalue weighted by molar-refractivity contribution is 7.89. The molecule has 0 saturated carbocycles. The third-order valence-corrected chi connectivity index (χ3v) is 4.55. The summed E-state index contributed by atoms with van der Waals surface area (Å²) in [6.07, 6.45) is 0. The molecule has 0 saturated heterocycles. The van der Waals surface area contributed by atoms with E-state index in [9.17, 15) is 13.5 Å². The van der Waals surface area contributed by atoms with Crippen molar-refractivity contribution in [2.75, 3.05) is 13.7 Å². The number of hydrogen-bond donors (Lipinski definition) is 2. The number of aliphatic hydroxyl groups is 1. The number of hydrogen-bond acceptors (Lipinski definition) is 4. The summed E-state index contributed by atoms with van der Waals surface area (Å²) in [7, 11) is -2.39. The first-order valence-electron chi connectivity index (χ1n) is 6.39. The molecule has 2 aromatic rings. The number of rotatable bonds is 6. The van der Waals surface area contributed by atoms with Crippen molar-refractivity contribution in [3.63, 3.8) is 0 Å². The zero-order valence-electron chi connectivity index (χ0n) is 11.6. The highest BCUT2D eigenvalue weighted by Crippen LogP contribution is 2.24. The zero-order valence-corrected chi connectivity index (χ0v) is 12.4. The van der Waals surface area contributed by atoms with Crippen molar-refractivity contribution in [2.24, 2.45) is 0 Å². The predicted molar refractivity (Wildman–Crippen MR) is 79.6 cm³/mol. The Morgan fingerprint density at radius 2 is 1.71 bits per heavy atom.